The number of aromatic amines is 1. The molecule has 1 aliphatic heterocycles. The topological polar surface area (TPSA) is 129 Å². The monoisotopic (exact) mass is 491 g/mol. The number of benzene rings is 1. The summed E-state index contributed by atoms with van der Waals surface area (Å²) in [6.07, 6.45) is 6.70. The lowest BCUT2D eigenvalue weighted by Crippen LogP contribution is -2.46. The van der Waals surface area contributed by atoms with Gasteiger partial charge in [-0.2, -0.15) is 0 Å². The molecule has 1 saturated heterocycles. The molecule has 2 fully saturated rings. The van der Waals surface area contributed by atoms with E-state index >= 15 is 0 Å². The minimum absolute atomic E-state index is 0.00909. The molecule has 3 aromatic rings. The summed E-state index contributed by atoms with van der Waals surface area (Å²) in [4.78, 5) is 39.4. The second-order valence-electron chi connectivity index (χ2n) is 9.43. The number of rotatable bonds is 5. The molecule has 3 aliphatic rings. The number of hydrogen-bond acceptors (Lipinski definition) is 6. The lowest BCUT2D eigenvalue weighted by molar-refractivity contribution is -0.122. The van der Waals surface area contributed by atoms with Crippen molar-refractivity contribution < 1.29 is 9.59 Å². The Labute approximate surface area is 207 Å². The first-order chi connectivity index (χ1) is 17.0. The van der Waals surface area contributed by atoms with Crippen LogP contribution in [-0.2, 0) is 4.79 Å². The maximum absolute atomic E-state index is 13.0. The number of aromatic nitrogens is 3. The number of nitrogens with zero attached hydrogens (tertiary/aromatic N) is 3. The van der Waals surface area contributed by atoms with Crippen molar-refractivity contribution in [2.45, 2.75) is 12.5 Å². The molecule has 9 nitrogen and oxygen atoms in total. The molecule has 1 aromatic carbocycles. The molecular formula is C25H26ClN7O2. The van der Waals surface area contributed by atoms with Crippen molar-refractivity contribution in [1.29, 1.82) is 0 Å². The summed E-state index contributed by atoms with van der Waals surface area (Å²) in [6, 6.07) is 7.30. The smallest absolute Gasteiger partial charge is 0.253 e. The molecule has 2 aromatic heterocycles. The highest BCUT2D eigenvalue weighted by molar-refractivity contribution is 6.34. The van der Waals surface area contributed by atoms with Gasteiger partial charge < -0.3 is 26.3 Å². The molecule has 2 aliphatic carbocycles. The van der Waals surface area contributed by atoms with E-state index in [0.717, 1.165) is 25.1 Å². The summed E-state index contributed by atoms with van der Waals surface area (Å²) in [5, 5.41) is 7.19. The maximum atomic E-state index is 13.0. The van der Waals surface area contributed by atoms with Crippen molar-refractivity contribution in [2.75, 3.05) is 31.5 Å². The number of piperazine rings is 1. The number of nitrogens with one attached hydrogen (secondary N) is 3. The number of H-pyrrole nitrogens is 1. The Balaban J connectivity index is 1.33. The van der Waals surface area contributed by atoms with E-state index in [1.807, 2.05) is 29.2 Å². The third-order valence-electron chi connectivity index (χ3n) is 7.36. The van der Waals surface area contributed by atoms with Crippen LogP contribution in [0.25, 0.3) is 22.6 Å². The van der Waals surface area contributed by atoms with Crippen LogP contribution < -0.4 is 16.4 Å². The van der Waals surface area contributed by atoms with Gasteiger partial charge in [-0.05, 0) is 30.4 Å². The number of carbonyl (C=O) groups excluding carboxylic acids is 2. The van der Waals surface area contributed by atoms with Gasteiger partial charge in [0.15, 0.2) is 5.65 Å². The second-order valence-corrected chi connectivity index (χ2v) is 9.84. The number of halogens is 1. The zero-order valence-corrected chi connectivity index (χ0v) is 19.8. The van der Waals surface area contributed by atoms with Gasteiger partial charge in [0, 0.05) is 43.3 Å². The molecule has 180 valence electrons. The van der Waals surface area contributed by atoms with Gasteiger partial charge in [-0.15, -0.1) is 0 Å². The second kappa shape index (κ2) is 8.66. The minimum Gasteiger partial charge on any atom is -0.378 e. The quantitative estimate of drug-likeness (QED) is 0.406. The van der Waals surface area contributed by atoms with Gasteiger partial charge in [-0.3, -0.25) is 9.59 Å². The summed E-state index contributed by atoms with van der Waals surface area (Å²) in [6.45, 7) is 2.98. The number of hydrogen-bond donors (Lipinski definition) is 4. The highest BCUT2D eigenvalue weighted by Crippen LogP contribution is 2.46. The van der Waals surface area contributed by atoms with E-state index in [4.69, 9.17) is 17.3 Å². The van der Waals surface area contributed by atoms with Crippen LogP contribution in [0.4, 0.5) is 5.69 Å². The Morgan fingerprint density at radius 1 is 1.17 bits per heavy atom. The van der Waals surface area contributed by atoms with Crippen molar-refractivity contribution in [1.82, 2.24) is 25.2 Å². The van der Waals surface area contributed by atoms with Gasteiger partial charge >= 0.3 is 0 Å². The lowest BCUT2D eigenvalue weighted by Gasteiger charge is -2.28. The maximum Gasteiger partial charge on any atom is 0.253 e. The lowest BCUT2D eigenvalue weighted by atomic mass is 9.88. The van der Waals surface area contributed by atoms with Crippen LogP contribution in [0.3, 0.4) is 0 Å². The van der Waals surface area contributed by atoms with Crippen LogP contribution in [0.15, 0.2) is 42.6 Å². The number of anilines is 1. The van der Waals surface area contributed by atoms with Crippen LogP contribution >= 0.6 is 11.6 Å². The SMILES string of the molecule is NC(=O)C1C2C=CC(C2)C1Nc1c(Cl)cnc2nc(-c3cccc(C(=O)N4CCNCC4)c3)[nH]c12. The fourth-order valence-corrected chi connectivity index (χ4v) is 5.83. The third kappa shape index (κ3) is 3.84. The molecular weight excluding hydrogens is 466 g/mol. The van der Waals surface area contributed by atoms with Crippen LogP contribution in [-0.4, -0.2) is 63.9 Å². The Kier molecular flexibility index (Phi) is 5.46. The Morgan fingerprint density at radius 2 is 1.97 bits per heavy atom. The van der Waals surface area contributed by atoms with Gasteiger partial charge in [-0.25, -0.2) is 9.97 Å². The summed E-state index contributed by atoms with van der Waals surface area (Å²) in [5.74, 6) is 0.365. The average Bonchev–Trinajstić information content (AvgIpc) is 3.61. The Bertz CT molecular complexity index is 1350. The molecule has 4 atom stereocenters. The molecule has 2 bridgehead atoms. The van der Waals surface area contributed by atoms with Gasteiger partial charge in [0.25, 0.3) is 5.91 Å². The minimum atomic E-state index is -0.308. The van der Waals surface area contributed by atoms with Crippen LogP contribution in [0.1, 0.15) is 16.8 Å². The first-order valence-electron chi connectivity index (χ1n) is 11.9. The number of carbonyl (C=O) groups is 2. The third-order valence-corrected chi connectivity index (χ3v) is 7.65. The molecule has 0 radical (unpaired) electrons. The summed E-state index contributed by atoms with van der Waals surface area (Å²) >= 11 is 6.56. The number of pyridine rings is 1. The molecule has 10 heteroatoms. The number of primary amides is 1. The predicted molar refractivity (Wildman–Crippen MR) is 134 cm³/mol. The standard InChI is InChI=1S/C25H26ClN7O2/c26-17-12-29-24-21(20(17)30-19-14-5-4-13(10-14)18(19)22(27)34)31-23(32-24)15-2-1-3-16(11-15)25(35)33-8-6-28-7-9-33/h1-5,11-14,18-19,28H,6-10H2,(H2,27,34)(H2,29,30,31,32). The number of allylic oxidation sites excluding steroid dienone is 1. The highest BCUT2D eigenvalue weighted by Gasteiger charge is 2.47. The van der Waals surface area contributed by atoms with E-state index < -0.39 is 0 Å². The van der Waals surface area contributed by atoms with Gasteiger partial charge in [0.05, 0.1) is 22.8 Å². The first kappa shape index (κ1) is 22.1. The van der Waals surface area contributed by atoms with Gasteiger partial charge in [-0.1, -0.05) is 35.9 Å². The average molecular weight is 492 g/mol. The van der Waals surface area contributed by atoms with Crippen molar-refractivity contribution in [2.24, 2.45) is 23.5 Å². The number of fused-ring (bicyclic) bond motifs is 3. The summed E-state index contributed by atoms with van der Waals surface area (Å²) in [7, 11) is 0. The summed E-state index contributed by atoms with van der Waals surface area (Å²) < 4.78 is 0. The van der Waals surface area contributed by atoms with Crippen molar-refractivity contribution >= 4 is 40.3 Å². The van der Waals surface area contributed by atoms with E-state index in [0.29, 0.717) is 46.4 Å². The normalized spacial score (nSPS) is 25.3. The van der Waals surface area contributed by atoms with E-state index in [9.17, 15) is 9.59 Å². The molecule has 0 spiro atoms. The number of imidazole rings is 1. The zero-order chi connectivity index (χ0) is 24.1. The van der Waals surface area contributed by atoms with Gasteiger partial charge in [0.1, 0.15) is 11.3 Å². The summed E-state index contributed by atoms with van der Waals surface area (Å²) in [5.41, 5.74) is 8.95. The van der Waals surface area contributed by atoms with Crippen molar-refractivity contribution in [3.63, 3.8) is 0 Å². The van der Waals surface area contributed by atoms with Crippen LogP contribution in [0.5, 0.6) is 0 Å². The molecule has 1 saturated carbocycles. The first-order valence-corrected chi connectivity index (χ1v) is 12.3. The fourth-order valence-electron chi connectivity index (χ4n) is 5.63. The van der Waals surface area contributed by atoms with Crippen molar-refractivity contribution in [3.05, 3.63) is 53.2 Å². The molecule has 3 heterocycles. The molecule has 6 rings (SSSR count). The Hall–Kier alpha value is -3.43. The number of amides is 2. The van der Waals surface area contributed by atoms with E-state index in [1.165, 1.54) is 0 Å². The fraction of sp³-hybridized carbons (Fsp3) is 0.360. The molecule has 2 amide bonds. The Morgan fingerprint density at radius 3 is 2.77 bits per heavy atom. The van der Waals surface area contributed by atoms with Gasteiger partial charge in [0.2, 0.25) is 5.91 Å². The van der Waals surface area contributed by atoms with Crippen molar-refractivity contribution in [3.8, 4) is 11.4 Å². The van der Waals surface area contributed by atoms with E-state index in [1.54, 1.807) is 6.20 Å². The predicted octanol–water partition coefficient (Wildman–Crippen LogP) is 2.41. The number of nitrogens with two attached hydrogens (primary N) is 1. The highest BCUT2D eigenvalue weighted by atomic mass is 35.5. The largest absolute Gasteiger partial charge is 0.378 e. The van der Waals surface area contributed by atoms with E-state index in [-0.39, 0.29) is 35.6 Å². The molecule has 35 heavy (non-hydrogen) atoms. The molecule has 5 N–H and O–H groups in total. The molecule has 4 unspecified atom stereocenters. The van der Waals surface area contributed by atoms with E-state index in [2.05, 4.69) is 37.7 Å². The zero-order valence-electron chi connectivity index (χ0n) is 19.0. The van der Waals surface area contributed by atoms with Crippen LogP contribution in [0, 0.1) is 17.8 Å². The van der Waals surface area contributed by atoms with Crippen LogP contribution in [0.2, 0.25) is 5.02 Å².